The van der Waals surface area contributed by atoms with E-state index in [9.17, 15) is 4.79 Å². The molecule has 0 heterocycles. The smallest absolute Gasteiger partial charge is 0.238 e. The molecule has 1 rings (SSSR count). The van der Waals surface area contributed by atoms with Crippen LogP contribution in [-0.4, -0.2) is 37.5 Å². The van der Waals surface area contributed by atoms with Crippen LogP contribution in [0, 0.1) is 12.3 Å². The van der Waals surface area contributed by atoms with Gasteiger partial charge in [-0.1, -0.05) is 32.0 Å². The van der Waals surface area contributed by atoms with Crippen molar-refractivity contribution in [3.8, 4) is 0 Å². The average molecular weight is 300 g/mol. The molecule has 0 radical (unpaired) electrons. The first-order chi connectivity index (χ1) is 8.84. The van der Waals surface area contributed by atoms with E-state index < -0.39 is 0 Å². The molecule has 0 fully saturated rings. The van der Waals surface area contributed by atoms with Gasteiger partial charge in [0, 0.05) is 12.2 Å². The maximum absolute atomic E-state index is 12.0. The molecule has 0 saturated heterocycles. The molecule has 4 nitrogen and oxygen atoms in total. The van der Waals surface area contributed by atoms with Gasteiger partial charge in [-0.3, -0.25) is 9.69 Å². The number of benzene rings is 1. The van der Waals surface area contributed by atoms with Crippen LogP contribution in [0.4, 0.5) is 5.69 Å². The third kappa shape index (κ3) is 6.37. The summed E-state index contributed by atoms with van der Waals surface area (Å²) in [6.07, 6.45) is 0. The summed E-state index contributed by atoms with van der Waals surface area (Å²) < 4.78 is 0. The number of likely N-dealkylation sites (N-methyl/N-ethyl adjacent to an activating group) is 1. The Bertz CT molecular complexity index is 435. The molecule has 0 aliphatic heterocycles. The van der Waals surface area contributed by atoms with Crippen LogP contribution < -0.4 is 11.1 Å². The first-order valence-electron chi connectivity index (χ1n) is 6.58. The van der Waals surface area contributed by atoms with Crippen molar-refractivity contribution in [3.05, 3.63) is 29.8 Å². The number of para-hydroxylation sites is 1. The van der Waals surface area contributed by atoms with Gasteiger partial charge in [0.05, 0.1) is 6.54 Å². The summed E-state index contributed by atoms with van der Waals surface area (Å²) >= 11 is 0. The quantitative estimate of drug-likeness (QED) is 0.847. The number of nitrogens with one attached hydrogen (secondary N) is 1. The molecule has 3 N–H and O–H groups in total. The van der Waals surface area contributed by atoms with E-state index in [0.717, 1.165) is 17.8 Å². The molecule has 0 spiro atoms. The Morgan fingerprint density at radius 1 is 1.35 bits per heavy atom. The van der Waals surface area contributed by atoms with E-state index in [2.05, 4.69) is 19.2 Å². The highest BCUT2D eigenvalue weighted by molar-refractivity contribution is 5.92. The number of amides is 1. The second-order valence-corrected chi connectivity index (χ2v) is 5.90. The Hall–Kier alpha value is -1.10. The van der Waals surface area contributed by atoms with Crippen LogP contribution in [0.2, 0.25) is 0 Å². The molecule has 0 unspecified atom stereocenters. The first-order valence-corrected chi connectivity index (χ1v) is 6.58. The van der Waals surface area contributed by atoms with Gasteiger partial charge in [0.25, 0.3) is 0 Å². The minimum absolute atomic E-state index is 0. The molecular formula is C15H26ClN3O. The van der Waals surface area contributed by atoms with E-state index in [1.165, 1.54) is 0 Å². The zero-order valence-corrected chi connectivity index (χ0v) is 13.6. The second-order valence-electron chi connectivity index (χ2n) is 5.90. The fourth-order valence-electron chi connectivity index (χ4n) is 2.00. The standard InChI is InChI=1S/C15H25N3O.ClH/c1-12-7-5-6-8-13(12)17-14(19)9-18(4)11-15(2,3)10-16;/h5-8H,9-11,16H2,1-4H3,(H,17,19);1H. The van der Waals surface area contributed by atoms with Crippen LogP contribution in [0.3, 0.4) is 0 Å². The van der Waals surface area contributed by atoms with Gasteiger partial charge in [-0.15, -0.1) is 12.4 Å². The molecule has 1 aromatic carbocycles. The van der Waals surface area contributed by atoms with E-state index in [0.29, 0.717) is 13.1 Å². The molecule has 0 bridgehead atoms. The highest BCUT2D eigenvalue weighted by Crippen LogP contribution is 2.15. The predicted octanol–water partition coefficient (Wildman–Crippen LogP) is 2.27. The Morgan fingerprint density at radius 2 is 1.95 bits per heavy atom. The molecule has 0 aliphatic rings. The normalized spacial score (nSPS) is 11.1. The molecule has 114 valence electrons. The molecule has 0 saturated carbocycles. The molecule has 20 heavy (non-hydrogen) atoms. The fraction of sp³-hybridized carbons (Fsp3) is 0.533. The number of nitrogens with two attached hydrogens (primary N) is 1. The number of carbonyl (C=O) groups excluding carboxylic acids is 1. The highest BCUT2D eigenvalue weighted by Gasteiger charge is 2.19. The third-order valence-electron chi connectivity index (χ3n) is 3.08. The van der Waals surface area contributed by atoms with Crippen molar-refractivity contribution in [2.24, 2.45) is 11.1 Å². The summed E-state index contributed by atoms with van der Waals surface area (Å²) in [7, 11) is 1.94. The molecule has 0 aliphatic carbocycles. The van der Waals surface area contributed by atoms with Gasteiger partial charge in [0.1, 0.15) is 0 Å². The molecule has 0 atom stereocenters. The number of rotatable bonds is 6. The minimum Gasteiger partial charge on any atom is -0.330 e. The zero-order chi connectivity index (χ0) is 14.5. The lowest BCUT2D eigenvalue weighted by atomic mass is 9.93. The van der Waals surface area contributed by atoms with Crippen LogP contribution in [0.25, 0.3) is 0 Å². The van der Waals surface area contributed by atoms with Gasteiger partial charge in [-0.2, -0.15) is 0 Å². The molecule has 1 amide bonds. The highest BCUT2D eigenvalue weighted by atomic mass is 35.5. The van der Waals surface area contributed by atoms with E-state index in [4.69, 9.17) is 5.73 Å². The lowest BCUT2D eigenvalue weighted by Crippen LogP contribution is -2.40. The third-order valence-corrected chi connectivity index (χ3v) is 3.08. The lowest BCUT2D eigenvalue weighted by Gasteiger charge is -2.28. The summed E-state index contributed by atoms with van der Waals surface area (Å²) in [5.74, 6) is 0.00428. The molecule has 1 aromatic rings. The van der Waals surface area contributed by atoms with Crippen LogP contribution in [-0.2, 0) is 4.79 Å². The lowest BCUT2D eigenvalue weighted by molar-refractivity contribution is -0.117. The van der Waals surface area contributed by atoms with E-state index in [1.54, 1.807) is 0 Å². The van der Waals surface area contributed by atoms with Crippen LogP contribution in [0.5, 0.6) is 0 Å². The number of aryl methyl sites for hydroxylation is 1. The van der Waals surface area contributed by atoms with Gasteiger partial charge < -0.3 is 11.1 Å². The van der Waals surface area contributed by atoms with Crippen LogP contribution >= 0.6 is 12.4 Å². The number of carbonyl (C=O) groups is 1. The Labute approximate surface area is 128 Å². The van der Waals surface area contributed by atoms with Gasteiger partial charge in [0.15, 0.2) is 0 Å². The van der Waals surface area contributed by atoms with Crippen molar-refractivity contribution in [3.63, 3.8) is 0 Å². The van der Waals surface area contributed by atoms with Crippen LogP contribution in [0.15, 0.2) is 24.3 Å². The van der Waals surface area contributed by atoms with E-state index in [1.807, 2.05) is 43.1 Å². The topological polar surface area (TPSA) is 58.4 Å². The number of hydrogen-bond acceptors (Lipinski definition) is 3. The number of halogens is 1. The summed E-state index contributed by atoms with van der Waals surface area (Å²) in [4.78, 5) is 14.0. The van der Waals surface area contributed by atoms with Crippen molar-refractivity contribution in [1.82, 2.24) is 4.90 Å². The van der Waals surface area contributed by atoms with Crippen molar-refractivity contribution in [2.75, 3.05) is 32.0 Å². The Morgan fingerprint density at radius 3 is 2.50 bits per heavy atom. The molecule has 0 aromatic heterocycles. The Kier molecular flexibility index (Phi) is 7.79. The number of nitrogens with zero attached hydrogens (tertiary/aromatic N) is 1. The number of hydrogen-bond donors (Lipinski definition) is 2. The first kappa shape index (κ1) is 18.9. The van der Waals surface area contributed by atoms with Crippen molar-refractivity contribution in [2.45, 2.75) is 20.8 Å². The maximum Gasteiger partial charge on any atom is 0.238 e. The molecule has 5 heteroatoms. The zero-order valence-electron chi connectivity index (χ0n) is 12.8. The van der Waals surface area contributed by atoms with Crippen LogP contribution in [0.1, 0.15) is 19.4 Å². The van der Waals surface area contributed by atoms with Crippen molar-refractivity contribution in [1.29, 1.82) is 0 Å². The van der Waals surface area contributed by atoms with Gasteiger partial charge >= 0.3 is 0 Å². The van der Waals surface area contributed by atoms with E-state index in [-0.39, 0.29) is 23.7 Å². The largest absolute Gasteiger partial charge is 0.330 e. The Balaban J connectivity index is 0.00000361. The predicted molar refractivity (Wildman–Crippen MR) is 87.4 cm³/mol. The van der Waals surface area contributed by atoms with Gasteiger partial charge in [0.2, 0.25) is 5.91 Å². The molecular weight excluding hydrogens is 274 g/mol. The summed E-state index contributed by atoms with van der Waals surface area (Å²) in [6.45, 7) is 7.96. The summed E-state index contributed by atoms with van der Waals surface area (Å²) in [5.41, 5.74) is 7.67. The number of anilines is 1. The fourth-order valence-corrected chi connectivity index (χ4v) is 2.00. The average Bonchev–Trinajstić information content (AvgIpc) is 2.31. The monoisotopic (exact) mass is 299 g/mol. The van der Waals surface area contributed by atoms with Gasteiger partial charge in [-0.25, -0.2) is 0 Å². The van der Waals surface area contributed by atoms with Gasteiger partial charge in [-0.05, 0) is 37.6 Å². The van der Waals surface area contributed by atoms with E-state index >= 15 is 0 Å². The van der Waals surface area contributed by atoms with Crippen molar-refractivity contribution < 1.29 is 4.79 Å². The summed E-state index contributed by atoms with van der Waals surface area (Å²) in [5, 5.41) is 2.93. The summed E-state index contributed by atoms with van der Waals surface area (Å²) in [6, 6.07) is 7.78. The van der Waals surface area contributed by atoms with Crippen molar-refractivity contribution >= 4 is 24.0 Å². The minimum atomic E-state index is 0. The second kappa shape index (κ2) is 8.25. The SMILES string of the molecule is Cc1ccccc1NC(=O)CN(C)CC(C)(C)CN.Cl. The maximum atomic E-state index is 12.0.